The number of aromatic nitrogens is 2. The summed E-state index contributed by atoms with van der Waals surface area (Å²) < 4.78 is 44.4. The van der Waals surface area contributed by atoms with E-state index in [9.17, 15) is 22.4 Å². The zero-order valence-corrected chi connectivity index (χ0v) is 22.8. The van der Waals surface area contributed by atoms with Crippen LogP contribution in [-0.4, -0.2) is 67.0 Å². The summed E-state index contributed by atoms with van der Waals surface area (Å²) in [7, 11) is -0.105. The summed E-state index contributed by atoms with van der Waals surface area (Å²) in [6.07, 6.45) is 2.42. The van der Waals surface area contributed by atoms with Crippen LogP contribution in [0.2, 0.25) is 0 Å². The second-order valence-electron chi connectivity index (χ2n) is 9.55. The summed E-state index contributed by atoms with van der Waals surface area (Å²) in [5.74, 6) is -0.762. The summed E-state index contributed by atoms with van der Waals surface area (Å²) in [5.41, 5.74) is 1.87. The second kappa shape index (κ2) is 11.6. The van der Waals surface area contributed by atoms with E-state index in [0.717, 1.165) is 18.4 Å². The third-order valence-corrected chi connectivity index (χ3v) is 8.93. The Balaban J connectivity index is 1.85. The van der Waals surface area contributed by atoms with Crippen LogP contribution in [0.15, 0.2) is 47.5 Å². The summed E-state index contributed by atoms with van der Waals surface area (Å²) in [6, 6.07) is 10.0. The van der Waals surface area contributed by atoms with E-state index in [4.69, 9.17) is 4.74 Å². The number of Topliss-reactive ketones (excluding diaryl/α,β-unsaturated/α-hetero) is 1. The number of carbonyl (C=O) groups is 1. The van der Waals surface area contributed by atoms with E-state index in [2.05, 4.69) is 4.98 Å². The van der Waals surface area contributed by atoms with E-state index >= 15 is 0 Å². The lowest BCUT2D eigenvalue weighted by Gasteiger charge is -2.26. The highest BCUT2D eigenvalue weighted by atomic mass is 32.2. The van der Waals surface area contributed by atoms with Gasteiger partial charge in [-0.3, -0.25) is 19.1 Å². The fourth-order valence-corrected chi connectivity index (χ4v) is 5.27. The van der Waals surface area contributed by atoms with Crippen molar-refractivity contribution < 1.29 is 22.3 Å². The van der Waals surface area contributed by atoms with Crippen LogP contribution in [0, 0.1) is 5.82 Å². The van der Waals surface area contributed by atoms with Crippen molar-refractivity contribution in [2.45, 2.75) is 44.5 Å². The van der Waals surface area contributed by atoms with Crippen LogP contribution in [0.1, 0.15) is 32.3 Å². The highest BCUT2D eigenvalue weighted by Gasteiger charge is 2.41. The van der Waals surface area contributed by atoms with Gasteiger partial charge in [-0.15, -0.1) is 0 Å². The first-order chi connectivity index (χ1) is 17.4. The predicted octanol–water partition coefficient (Wildman–Crippen LogP) is 3.45. The second-order valence-corrected chi connectivity index (χ2v) is 12.0. The third kappa shape index (κ3) is 6.31. The molecule has 0 aliphatic heterocycles. The van der Waals surface area contributed by atoms with Gasteiger partial charge in [0.2, 0.25) is 0 Å². The quantitative estimate of drug-likeness (QED) is 0.353. The number of rotatable bonds is 12. The van der Waals surface area contributed by atoms with Crippen molar-refractivity contribution in [2.24, 2.45) is 0 Å². The molecule has 0 bridgehead atoms. The number of ether oxygens (including phenoxy) is 1. The molecule has 0 spiro atoms. The highest BCUT2D eigenvalue weighted by molar-refractivity contribution is 7.92. The average molecular weight is 532 g/mol. The lowest BCUT2D eigenvalue weighted by molar-refractivity contribution is -0.121. The Labute approximate surface area is 217 Å². The fourth-order valence-electron chi connectivity index (χ4n) is 4.25. The zero-order chi connectivity index (χ0) is 27.4. The third-order valence-electron chi connectivity index (χ3n) is 6.86. The van der Waals surface area contributed by atoms with Crippen molar-refractivity contribution in [3.8, 4) is 11.1 Å². The molecule has 2 aromatic carbocycles. The molecule has 0 saturated heterocycles. The van der Waals surface area contributed by atoms with Crippen LogP contribution in [0.25, 0.3) is 22.0 Å². The Morgan fingerprint density at radius 1 is 1.22 bits per heavy atom. The topological polar surface area (TPSA) is 98.6 Å². The minimum absolute atomic E-state index is 0.0216. The van der Waals surface area contributed by atoms with Gasteiger partial charge < -0.3 is 4.74 Å². The lowest BCUT2D eigenvalue weighted by Crippen LogP contribution is -2.44. The van der Waals surface area contributed by atoms with Crippen molar-refractivity contribution in [3.63, 3.8) is 0 Å². The first-order valence-electron chi connectivity index (χ1n) is 12.1. The first-order valence-corrected chi connectivity index (χ1v) is 14.0. The Morgan fingerprint density at radius 3 is 2.57 bits per heavy atom. The highest BCUT2D eigenvalue weighted by Crippen LogP contribution is 2.27. The molecule has 3 rings (SSSR count). The standard InChI is InChI=1S/C27H34FN3O5S/c1-6-25(32)27(2,37(5,34)35)11-12-31-18-29-24-16-20(8-10-22(24)26(31)33)21-9-7-19(15-23(21)28)17-30(3)13-14-36-4/h7-10,15-16,18H,6,11-14,17H2,1-5H3/t27-/m1/s1. The number of methoxy groups -OCH3 is 1. The molecule has 1 heterocycles. The van der Waals surface area contributed by atoms with Crippen LogP contribution in [0.5, 0.6) is 0 Å². The summed E-state index contributed by atoms with van der Waals surface area (Å²) >= 11 is 0. The molecular weight excluding hydrogens is 497 g/mol. The molecule has 10 heteroatoms. The summed E-state index contributed by atoms with van der Waals surface area (Å²) in [5, 5.41) is 0.325. The number of aryl methyl sites for hydroxylation is 1. The maximum absolute atomic E-state index is 15.0. The van der Waals surface area contributed by atoms with E-state index in [0.29, 0.717) is 35.2 Å². The van der Waals surface area contributed by atoms with E-state index in [-0.39, 0.29) is 30.8 Å². The van der Waals surface area contributed by atoms with Crippen LogP contribution >= 0.6 is 0 Å². The molecule has 0 N–H and O–H groups in total. The first kappa shape index (κ1) is 28.6. The van der Waals surface area contributed by atoms with Gasteiger partial charge in [-0.05, 0) is 49.7 Å². The smallest absolute Gasteiger partial charge is 0.261 e. The maximum Gasteiger partial charge on any atom is 0.261 e. The number of carbonyl (C=O) groups excluding carboxylic acids is 1. The number of nitrogens with zero attached hydrogens (tertiary/aromatic N) is 3. The normalized spacial score (nSPS) is 13.7. The van der Waals surface area contributed by atoms with E-state index < -0.39 is 20.4 Å². The monoisotopic (exact) mass is 531 g/mol. The molecule has 0 aliphatic carbocycles. The largest absolute Gasteiger partial charge is 0.383 e. The van der Waals surface area contributed by atoms with Gasteiger partial charge in [0.05, 0.1) is 23.8 Å². The molecule has 200 valence electrons. The SMILES string of the molecule is CCC(=O)[C@@](C)(CCn1cnc2cc(-c3ccc(CN(C)CCOC)cc3F)ccc2c1=O)S(C)(=O)=O. The molecule has 37 heavy (non-hydrogen) atoms. The van der Waals surface area contributed by atoms with Crippen molar-refractivity contribution in [3.05, 3.63) is 64.5 Å². The molecule has 0 aliphatic rings. The summed E-state index contributed by atoms with van der Waals surface area (Å²) in [6.45, 7) is 4.95. The van der Waals surface area contributed by atoms with E-state index in [1.54, 1.807) is 38.3 Å². The Morgan fingerprint density at radius 2 is 1.95 bits per heavy atom. The van der Waals surface area contributed by atoms with Crippen molar-refractivity contribution in [1.82, 2.24) is 14.5 Å². The fraction of sp³-hybridized carbons (Fsp3) is 0.444. The molecule has 0 amide bonds. The van der Waals surface area contributed by atoms with Gasteiger partial charge in [-0.2, -0.15) is 0 Å². The molecule has 3 aromatic rings. The van der Waals surface area contributed by atoms with Crippen molar-refractivity contribution in [2.75, 3.05) is 33.6 Å². The minimum atomic E-state index is -3.69. The van der Waals surface area contributed by atoms with Gasteiger partial charge in [0, 0.05) is 45.0 Å². The van der Waals surface area contributed by atoms with Crippen LogP contribution < -0.4 is 5.56 Å². The molecule has 0 saturated carbocycles. The minimum Gasteiger partial charge on any atom is -0.383 e. The Bertz CT molecular complexity index is 1450. The van der Waals surface area contributed by atoms with Gasteiger partial charge in [0.15, 0.2) is 15.6 Å². The van der Waals surface area contributed by atoms with E-state index in [1.807, 2.05) is 18.0 Å². The van der Waals surface area contributed by atoms with Gasteiger partial charge >= 0.3 is 0 Å². The van der Waals surface area contributed by atoms with Crippen molar-refractivity contribution >= 4 is 26.5 Å². The number of fused-ring (bicyclic) bond motifs is 1. The molecule has 1 aromatic heterocycles. The van der Waals surface area contributed by atoms with Gasteiger partial charge in [0.25, 0.3) is 5.56 Å². The molecule has 0 fully saturated rings. The van der Waals surface area contributed by atoms with Gasteiger partial charge in [-0.1, -0.05) is 25.1 Å². The van der Waals surface area contributed by atoms with Crippen LogP contribution in [0.4, 0.5) is 4.39 Å². The lowest BCUT2D eigenvalue weighted by atomic mass is 9.99. The Hall–Kier alpha value is -2.95. The van der Waals surface area contributed by atoms with Crippen LogP contribution in [-0.2, 0) is 32.5 Å². The number of sulfone groups is 1. The number of halogens is 1. The molecule has 0 radical (unpaired) electrons. The van der Waals surface area contributed by atoms with Crippen LogP contribution in [0.3, 0.4) is 0 Å². The predicted molar refractivity (Wildman–Crippen MR) is 143 cm³/mol. The molecule has 8 nitrogen and oxygen atoms in total. The maximum atomic E-state index is 15.0. The number of hydrogen-bond acceptors (Lipinski definition) is 7. The Kier molecular flexibility index (Phi) is 8.99. The zero-order valence-electron chi connectivity index (χ0n) is 22.0. The molecule has 1 atom stereocenters. The van der Waals surface area contributed by atoms with Gasteiger partial charge in [0.1, 0.15) is 10.6 Å². The molecular formula is C27H34FN3O5S. The number of likely N-dealkylation sites (N-methyl/N-ethyl adjacent to an activating group) is 1. The van der Waals surface area contributed by atoms with Gasteiger partial charge in [-0.25, -0.2) is 17.8 Å². The van der Waals surface area contributed by atoms with Crippen molar-refractivity contribution in [1.29, 1.82) is 0 Å². The number of ketones is 1. The number of hydrogen-bond donors (Lipinski definition) is 0. The number of benzene rings is 2. The summed E-state index contributed by atoms with van der Waals surface area (Å²) in [4.78, 5) is 31.9. The molecule has 0 unspecified atom stereocenters. The van der Waals surface area contributed by atoms with E-state index in [1.165, 1.54) is 23.9 Å². The average Bonchev–Trinajstić information content (AvgIpc) is 2.85.